The largest absolute Gasteiger partial charge is 0.497 e. The summed E-state index contributed by atoms with van der Waals surface area (Å²) in [6, 6.07) is 8.82. The summed E-state index contributed by atoms with van der Waals surface area (Å²) in [7, 11) is 3.17. The van der Waals surface area contributed by atoms with Crippen molar-refractivity contribution in [2.45, 2.75) is 26.3 Å². The lowest BCUT2D eigenvalue weighted by Crippen LogP contribution is -2.32. The van der Waals surface area contributed by atoms with Gasteiger partial charge in [0.2, 0.25) is 0 Å². The zero-order chi connectivity index (χ0) is 17.5. The van der Waals surface area contributed by atoms with Gasteiger partial charge in [-0.1, -0.05) is 6.92 Å². The molecule has 128 valence electrons. The van der Waals surface area contributed by atoms with Crippen molar-refractivity contribution < 1.29 is 14.3 Å². The van der Waals surface area contributed by atoms with Gasteiger partial charge in [0.15, 0.2) is 11.5 Å². The number of carbonyl (C=O) groups excluding carboxylic acids is 1. The number of anilines is 2. The molecule has 0 aliphatic carbocycles. The lowest BCUT2D eigenvalue weighted by atomic mass is 10.2. The van der Waals surface area contributed by atoms with Gasteiger partial charge in [-0.05, 0) is 37.6 Å². The SMILES string of the molecule is CCC(C)NC(=O)c1ccc(Nc2ccc(OC)cc2OC)nn1. The minimum absolute atomic E-state index is 0.0978. The van der Waals surface area contributed by atoms with Gasteiger partial charge in [-0.3, -0.25) is 4.79 Å². The van der Waals surface area contributed by atoms with Crippen LogP contribution in [0.2, 0.25) is 0 Å². The molecule has 0 aliphatic rings. The smallest absolute Gasteiger partial charge is 0.272 e. The Bertz CT molecular complexity index is 689. The van der Waals surface area contributed by atoms with Crippen molar-refractivity contribution in [3.05, 3.63) is 36.0 Å². The highest BCUT2D eigenvalue weighted by Gasteiger charge is 2.11. The van der Waals surface area contributed by atoms with Crippen LogP contribution in [0.15, 0.2) is 30.3 Å². The normalized spacial score (nSPS) is 11.5. The summed E-state index contributed by atoms with van der Waals surface area (Å²) in [5.41, 5.74) is 1.01. The number of hydrogen-bond acceptors (Lipinski definition) is 6. The molecule has 1 aromatic heterocycles. The molecular formula is C17H22N4O3. The summed E-state index contributed by atoms with van der Waals surface area (Å²) >= 11 is 0. The molecule has 1 heterocycles. The Hall–Kier alpha value is -2.83. The van der Waals surface area contributed by atoms with E-state index in [-0.39, 0.29) is 17.6 Å². The Morgan fingerprint density at radius 1 is 1.17 bits per heavy atom. The van der Waals surface area contributed by atoms with Crippen LogP contribution in [0.1, 0.15) is 30.8 Å². The zero-order valence-electron chi connectivity index (χ0n) is 14.3. The molecule has 1 unspecified atom stereocenters. The average Bonchev–Trinajstić information content (AvgIpc) is 2.62. The quantitative estimate of drug-likeness (QED) is 0.812. The number of rotatable bonds is 7. The van der Waals surface area contributed by atoms with Crippen molar-refractivity contribution in [2.24, 2.45) is 0 Å². The van der Waals surface area contributed by atoms with Gasteiger partial charge in [0.1, 0.15) is 11.5 Å². The lowest BCUT2D eigenvalue weighted by Gasteiger charge is -2.12. The van der Waals surface area contributed by atoms with Crippen molar-refractivity contribution >= 4 is 17.4 Å². The van der Waals surface area contributed by atoms with Crippen molar-refractivity contribution in [2.75, 3.05) is 19.5 Å². The molecule has 2 rings (SSSR count). The van der Waals surface area contributed by atoms with Gasteiger partial charge in [0.25, 0.3) is 5.91 Å². The average molecular weight is 330 g/mol. The molecule has 0 radical (unpaired) electrons. The highest BCUT2D eigenvalue weighted by Crippen LogP contribution is 2.30. The first-order valence-corrected chi connectivity index (χ1v) is 7.71. The second-order valence-corrected chi connectivity index (χ2v) is 5.28. The van der Waals surface area contributed by atoms with Crippen LogP contribution in [-0.2, 0) is 0 Å². The Morgan fingerprint density at radius 3 is 2.54 bits per heavy atom. The van der Waals surface area contributed by atoms with Gasteiger partial charge in [-0.25, -0.2) is 0 Å². The van der Waals surface area contributed by atoms with Gasteiger partial charge in [-0.2, -0.15) is 0 Å². The van der Waals surface area contributed by atoms with Gasteiger partial charge in [-0.15, -0.1) is 10.2 Å². The Balaban J connectivity index is 2.10. The number of amides is 1. The molecule has 0 aliphatic heterocycles. The Morgan fingerprint density at radius 2 is 1.96 bits per heavy atom. The zero-order valence-corrected chi connectivity index (χ0v) is 14.3. The van der Waals surface area contributed by atoms with Crippen LogP contribution >= 0.6 is 0 Å². The third kappa shape index (κ3) is 4.34. The van der Waals surface area contributed by atoms with Gasteiger partial charge in [0.05, 0.1) is 19.9 Å². The molecule has 0 fully saturated rings. The molecular weight excluding hydrogens is 308 g/mol. The predicted octanol–water partition coefficient (Wildman–Crippen LogP) is 2.77. The second kappa shape index (κ2) is 8.14. The first-order valence-electron chi connectivity index (χ1n) is 7.71. The summed E-state index contributed by atoms with van der Waals surface area (Å²) < 4.78 is 10.5. The number of hydrogen-bond donors (Lipinski definition) is 2. The van der Waals surface area contributed by atoms with Crippen LogP contribution in [0.25, 0.3) is 0 Å². The van der Waals surface area contributed by atoms with E-state index in [1.165, 1.54) is 0 Å². The highest BCUT2D eigenvalue weighted by molar-refractivity contribution is 5.92. The standard InChI is InChI=1S/C17H22N4O3/c1-5-11(2)18-17(22)14-8-9-16(21-20-14)19-13-7-6-12(23-3)10-15(13)24-4/h6-11H,5H2,1-4H3,(H,18,22)(H,19,21). The first-order chi connectivity index (χ1) is 11.6. The fourth-order valence-corrected chi connectivity index (χ4v) is 1.96. The van der Waals surface area contributed by atoms with Gasteiger partial charge >= 0.3 is 0 Å². The van der Waals surface area contributed by atoms with E-state index in [9.17, 15) is 4.79 Å². The summed E-state index contributed by atoms with van der Waals surface area (Å²) in [6.07, 6.45) is 0.857. The van der Waals surface area contributed by atoms with Crippen LogP contribution in [0, 0.1) is 0 Å². The van der Waals surface area contributed by atoms with E-state index in [1.54, 1.807) is 32.4 Å². The van der Waals surface area contributed by atoms with E-state index in [0.717, 1.165) is 12.1 Å². The molecule has 7 heteroatoms. The summed E-state index contributed by atoms with van der Waals surface area (Å²) in [5.74, 6) is 1.60. The van der Waals surface area contributed by atoms with Crippen LogP contribution in [-0.4, -0.2) is 36.4 Å². The monoisotopic (exact) mass is 330 g/mol. The molecule has 0 saturated carbocycles. The van der Waals surface area contributed by atoms with E-state index in [2.05, 4.69) is 20.8 Å². The number of carbonyl (C=O) groups is 1. The maximum atomic E-state index is 12.0. The topological polar surface area (TPSA) is 85.4 Å². The Labute approximate surface area is 141 Å². The predicted molar refractivity (Wildman–Crippen MR) is 92.1 cm³/mol. The van der Waals surface area contributed by atoms with E-state index in [1.807, 2.05) is 26.0 Å². The molecule has 1 amide bonds. The first kappa shape index (κ1) is 17.5. The van der Waals surface area contributed by atoms with E-state index in [4.69, 9.17) is 9.47 Å². The van der Waals surface area contributed by atoms with E-state index >= 15 is 0 Å². The van der Waals surface area contributed by atoms with E-state index < -0.39 is 0 Å². The van der Waals surface area contributed by atoms with Crippen molar-refractivity contribution in [1.29, 1.82) is 0 Å². The number of benzene rings is 1. The third-order valence-electron chi connectivity index (χ3n) is 3.56. The van der Waals surface area contributed by atoms with Crippen LogP contribution in [0.3, 0.4) is 0 Å². The number of ether oxygens (including phenoxy) is 2. The van der Waals surface area contributed by atoms with Gasteiger partial charge < -0.3 is 20.1 Å². The molecule has 7 nitrogen and oxygen atoms in total. The van der Waals surface area contributed by atoms with Crippen LogP contribution in [0.4, 0.5) is 11.5 Å². The number of nitrogens with one attached hydrogen (secondary N) is 2. The minimum Gasteiger partial charge on any atom is -0.497 e. The maximum Gasteiger partial charge on any atom is 0.272 e. The van der Waals surface area contributed by atoms with Crippen LogP contribution in [0.5, 0.6) is 11.5 Å². The highest BCUT2D eigenvalue weighted by atomic mass is 16.5. The van der Waals surface area contributed by atoms with Crippen molar-refractivity contribution in [3.63, 3.8) is 0 Å². The number of nitrogens with zero attached hydrogens (tertiary/aromatic N) is 2. The maximum absolute atomic E-state index is 12.0. The van der Waals surface area contributed by atoms with Gasteiger partial charge in [0, 0.05) is 12.1 Å². The second-order valence-electron chi connectivity index (χ2n) is 5.28. The number of aromatic nitrogens is 2. The lowest BCUT2D eigenvalue weighted by molar-refractivity contribution is 0.0933. The molecule has 2 N–H and O–H groups in total. The summed E-state index contributed by atoms with van der Waals surface area (Å²) in [4.78, 5) is 12.0. The van der Waals surface area contributed by atoms with E-state index in [0.29, 0.717) is 17.3 Å². The fourth-order valence-electron chi connectivity index (χ4n) is 1.96. The van der Waals surface area contributed by atoms with Crippen molar-refractivity contribution in [3.8, 4) is 11.5 Å². The molecule has 1 atom stereocenters. The molecule has 0 spiro atoms. The summed E-state index contributed by atoms with van der Waals surface area (Å²) in [5, 5.41) is 14.0. The molecule has 2 aromatic rings. The van der Waals surface area contributed by atoms with Crippen molar-refractivity contribution in [1.82, 2.24) is 15.5 Å². The third-order valence-corrected chi connectivity index (χ3v) is 3.56. The fraction of sp³-hybridized carbons (Fsp3) is 0.353. The minimum atomic E-state index is -0.231. The summed E-state index contributed by atoms with van der Waals surface area (Å²) in [6.45, 7) is 3.95. The molecule has 1 aromatic carbocycles. The molecule has 0 saturated heterocycles. The van der Waals surface area contributed by atoms with Crippen LogP contribution < -0.4 is 20.1 Å². The molecule has 24 heavy (non-hydrogen) atoms. The number of methoxy groups -OCH3 is 2. The Kier molecular flexibility index (Phi) is 5.95. The molecule has 0 bridgehead atoms.